The number of ether oxygens (including phenoxy) is 1. The van der Waals surface area contributed by atoms with Crippen molar-refractivity contribution < 1.29 is 13.2 Å². The summed E-state index contributed by atoms with van der Waals surface area (Å²) in [5.41, 5.74) is 1.75. The zero-order valence-electron chi connectivity index (χ0n) is 17.3. The van der Waals surface area contributed by atoms with Gasteiger partial charge in [-0.1, -0.05) is 24.3 Å². The molecular weight excluding hydrogens is 446 g/mol. The summed E-state index contributed by atoms with van der Waals surface area (Å²) in [6.07, 6.45) is 1.64. The maximum absolute atomic E-state index is 13.4. The molecule has 32 heavy (non-hydrogen) atoms. The highest BCUT2D eigenvalue weighted by atomic mass is 35.5. The standard InChI is InChI=1S/C24H23N3O3S.ClH/c28-31(29,21-11-9-20(10-12-21)30-19-5-2-1-3-6-19)27-16-13-22-23(7-4-8-24(22)27)26-17-14-25-15-18-26;/h1-13,16,25H,14-15,17-18H2;1H. The van der Waals surface area contributed by atoms with E-state index in [1.165, 1.54) is 3.97 Å². The number of anilines is 1. The van der Waals surface area contributed by atoms with Crippen LogP contribution in [-0.2, 0) is 10.0 Å². The van der Waals surface area contributed by atoms with Gasteiger partial charge in [-0.25, -0.2) is 12.4 Å². The first-order chi connectivity index (χ1) is 15.1. The summed E-state index contributed by atoms with van der Waals surface area (Å²) in [5, 5.41) is 4.29. The number of para-hydroxylation sites is 1. The molecule has 8 heteroatoms. The highest BCUT2D eigenvalue weighted by molar-refractivity contribution is 7.90. The first-order valence-electron chi connectivity index (χ1n) is 10.3. The molecule has 0 aliphatic carbocycles. The van der Waals surface area contributed by atoms with Gasteiger partial charge in [-0.15, -0.1) is 12.4 Å². The first kappa shape index (κ1) is 22.2. The number of piperazine rings is 1. The molecule has 166 valence electrons. The van der Waals surface area contributed by atoms with E-state index in [1.54, 1.807) is 30.5 Å². The number of halogens is 1. The van der Waals surface area contributed by atoms with Crippen LogP contribution < -0.4 is 15.0 Å². The predicted molar refractivity (Wildman–Crippen MR) is 130 cm³/mol. The molecule has 0 bridgehead atoms. The first-order valence-corrected chi connectivity index (χ1v) is 11.7. The number of aromatic nitrogens is 1. The van der Waals surface area contributed by atoms with Gasteiger partial charge in [0.25, 0.3) is 10.0 Å². The van der Waals surface area contributed by atoms with Gasteiger partial charge >= 0.3 is 0 Å². The Morgan fingerprint density at radius 3 is 2.19 bits per heavy atom. The topological polar surface area (TPSA) is 63.6 Å². The zero-order valence-corrected chi connectivity index (χ0v) is 19.0. The van der Waals surface area contributed by atoms with Gasteiger partial charge in [0, 0.05) is 43.4 Å². The Hall–Kier alpha value is -3.00. The SMILES string of the molecule is Cl.O=S(=O)(c1ccc(Oc2ccccc2)cc1)n1ccc2c(N3CCNCC3)cccc21. The molecule has 4 aromatic rings. The molecular formula is C24H24ClN3O3S. The van der Waals surface area contributed by atoms with Gasteiger partial charge in [-0.2, -0.15) is 0 Å². The van der Waals surface area contributed by atoms with E-state index < -0.39 is 10.0 Å². The van der Waals surface area contributed by atoms with Crippen LogP contribution in [0.25, 0.3) is 10.9 Å². The van der Waals surface area contributed by atoms with Gasteiger partial charge in [0.1, 0.15) is 11.5 Å². The molecule has 0 saturated carbocycles. The Labute approximate surface area is 193 Å². The predicted octanol–water partition coefficient (Wildman–Crippen LogP) is 4.50. The zero-order chi connectivity index (χ0) is 21.3. The van der Waals surface area contributed by atoms with Gasteiger partial charge in [0.2, 0.25) is 0 Å². The number of nitrogens with one attached hydrogen (secondary N) is 1. The number of fused-ring (bicyclic) bond motifs is 1. The number of benzene rings is 3. The van der Waals surface area contributed by atoms with Crippen LogP contribution in [0.1, 0.15) is 0 Å². The fourth-order valence-electron chi connectivity index (χ4n) is 3.94. The number of rotatable bonds is 5. The Bertz CT molecular complexity index is 1300. The van der Waals surface area contributed by atoms with Crippen molar-refractivity contribution in [2.24, 2.45) is 0 Å². The minimum absolute atomic E-state index is 0. The molecule has 2 heterocycles. The minimum Gasteiger partial charge on any atom is -0.457 e. The molecule has 0 radical (unpaired) electrons. The summed E-state index contributed by atoms with van der Waals surface area (Å²) in [4.78, 5) is 2.52. The van der Waals surface area contributed by atoms with Crippen molar-refractivity contribution in [3.8, 4) is 11.5 Å². The average Bonchev–Trinajstić information content (AvgIpc) is 3.26. The van der Waals surface area contributed by atoms with Gasteiger partial charge in [-0.3, -0.25) is 0 Å². The van der Waals surface area contributed by atoms with Crippen molar-refractivity contribution in [3.63, 3.8) is 0 Å². The molecule has 6 nitrogen and oxygen atoms in total. The summed E-state index contributed by atoms with van der Waals surface area (Å²) in [6.45, 7) is 3.65. The lowest BCUT2D eigenvalue weighted by Gasteiger charge is -2.30. The highest BCUT2D eigenvalue weighted by Gasteiger charge is 2.21. The lowest BCUT2D eigenvalue weighted by molar-refractivity contribution is 0.482. The average molecular weight is 470 g/mol. The van der Waals surface area contributed by atoms with Crippen LogP contribution in [0.15, 0.2) is 90.0 Å². The highest BCUT2D eigenvalue weighted by Crippen LogP contribution is 2.31. The molecule has 0 atom stereocenters. The van der Waals surface area contributed by atoms with Crippen LogP contribution >= 0.6 is 12.4 Å². The van der Waals surface area contributed by atoms with Crippen LogP contribution in [0, 0.1) is 0 Å². The largest absolute Gasteiger partial charge is 0.457 e. The van der Waals surface area contributed by atoms with Crippen LogP contribution in [0.3, 0.4) is 0 Å². The monoisotopic (exact) mass is 469 g/mol. The summed E-state index contributed by atoms with van der Waals surface area (Å²) in [5.74, 6) is 1.29. The van der Waals surface area contributed by atoms with Crippen molar-refractivity contribution in [2.75, 3.05) is 31.1 Å². The smallest absolute Gasteiger partial charge is 0.268 e. The van der Waals surface area contributed by atoms with Crippen molar-refractivity contribution in [1.82, 2.24) is 9.29 Å². The quantitative estimate of drug-likeness (QED) is 0.466. The van der Waals surface area contributed by atoms with Crippen LogP contribution in [-0.4, -0.2) is 38.6 Å². The Balaban J connectivity index is 0.00000245. The summed E-state index contributed by atoms with van der Waals surface area (Å²) in [7, 11) is -3.73. The van der Waals surface area contributed by atoms with E-state index in [1.807, 2.05) is 48.5 Å². The number of nitrogens with zero attached hydrogens (tertiary/aromatic N) is 2. The van der Waals surface area contributed by atoms with E-state index in [-0.39, 0.29) is 17.3 Å². The third-order valence-corrected chi connectivity index (χ3v) is 7.20. The van der Waals surface area contributed by atoms with Crippen molar-refractivity contribution in [2.45, 2.75) is 4.90 Å². The maximum atomic E-state index is 13.4. The summed E-state index contributed by atoms with van der Waals surface area (Å²) >= 11 is 0. The Kier molecular flexibility index (Phi) is 6.41. The van der Waals surface area contributed by atoms with Crippen LogP contribution in [0.2, 0.25) is 0 Å². The summed E-state index contributed by atoms with van der Waals surface area (Å²) < 4.78 is 33.9. The molecule has 3 aromatic carbocycles. The van der Waals surface area contributed by atoms with Crippen molar-refractivity contribution >= 4 is 39.0 Å². The van der Waals surface area contributed by atoms with Gasteiger partial charge in [0.05, 0.1) is 10.4 Å². The van der Waals surface area contributed by atoms with E-state index in [0.717, 1.165) is 37.3 Å². The van der Waals surface area contributed by atoms with Gasteiger partial charge in [0.15, 0.2) is 0 Å². The fourth-order valence-corrected chi connectivity index (χ4v) is 5.28. The lowest BCUT2D eigenvalue weighted by Crippen LogP contribution is -2.43. The fraction of sp³-hybridized carbons (Fsp3) is 0.167. The number of hydrogen-bond donors (Lipinski definition) is 1. The van der Waals surface area contributed by atoms with Gasteiger partial charge < -0.3 is 15.0 Å². The molecule has 1 aromatic heterocycles. The molecule has 5 rings (SSSR count). The van der Waals surface area contributed by atoms with E-state index >= 15 is 0 Å². The third kappa shape index (κ3) is 4.19. The third-order valence-electron chi connectivity index (χ3n) is 5.49. The van der Waals surface area contributed by atoms with E-state index in [4.69, 9.17) is 4.74 Å². The van der Waals surface area contributed by atoms with Crippen LogP contribution in [0.4, 0.5) is 5.69 Å². The normalized spacial score (nSPS) is 14.2. The van der Waals surface area contributed by atoms with E-state index in [0.29, 0.717) is 17.0 Å². The maximum Gasteiger partial charge on any atom is 0.268 e. The molecule has 1 aliphatic rings. The molecule has 1 saturated heterocycles. The second-order valence-corrected chi connectivity index (χ2v) is 9.27. The lowest BCUT2D eigenvalue weighted by atomic mass is 10.2. The van der Waals surface area contributed by atoms with E-state index in [9.17, 15) is 8.42 Å². The molecule has 0 amide bonds. The van der Waals surface area contributed by atoms with E-state index in [2.05, 4.69) is 16.3 Å². The number of hydrogen-bond acceptors (Lipinski definition) is 5. The summed E-state index contributed by atoms with van der Waals surface area (Å²) in [6, 6.07) is 23.6. The molecule has 1 N–H and O–H groups in total. The van der Waals surface area contributed by atoms with Gasteiger partial charge in [-0.05, 0) is 54.6 Å². The molecule has 1 fully saturated rings. The van der Waals surface area contributed by atoms with Crippen LogP contribution in [0.5, 0.6) is 11.5 Å². The van der Waals surface area contributed by atoms with Crippen molar-refractivity contribution in [1.29, 1.82) is 0 Å². The Morgan fingerprint density at radius 2 is 1.47 bits per heavy atom. The second kappa shape index (κ2) is 9.24. The second-order valence-electron chi connectivity index (χ2n) is 7.45. The van der Waals surface area contributed by atoms with Crippen molar-refractivity contribution in [3.05, 3.63) is 85.1 Å². The molecule has 0 spiro atoms. The minimum atomic E-state index is -3.73. The molecule has 0 unspecified atom stereocenters. The Morgan fingerprint density at radius 1 is 0.781 bits per heavy atom. The molecule has 1 aliphatic heterocycles.